The van der Waals surface area contributed by atoms with Crippen LogP contribution in [0.25, 0.3) is 0 Å². The molecule has 0 saturated heterocycles. The summed E-state index contributed by atoms with van der Waals surface area (Å²) in [5.41, 5.74) is 1.27. The fourth-order valence-electron chi connectivity index (χ4n) is 2.54. The molecule has 2 N–H and O–H groups in total. The van der Waals surface area contributed by atoms with Gasteiger partial charge in [-0.25, -0.2) is 17.5 Å². The minimum Gasteiger partial charge on any atom is -0.489 e. The van der Waals surface area contributed by atoms with Gasteiger partial charge in [0, 0.05) is 12.2 Å². The van der Waals surface area contributed by atoms with Gasteiger partial charge >= 0.3 is 0 Å². The summed E-state index contributed by atoms with van der Waals surface area (Å²) in [5.74, 6) is -0.988. The van der Waals surface area contributed by atoms with E-state index in [0.717, 1.165) is 0 Å². The molecule has 132 valence electrons. The summed E-state index contributed by atoms with van der Waals surface area (Å²) in [6.07, 6.45) is 0. The average Bonchev–Trinajstić information content (AvgIpc) is 2.87. The van der Waals surface area contributed by atoms with Crippen molar-refractivity contribution >= 4 is 21.6 Å². The minimum absolute atomic E-state index is 0.0124. The highest BCUT2D eigenvalue weighted by molar-refractivity contribution is 7.89. The maximum Gasteiger partial charge on any atom is 0.240 e. The summed E-state index contributed by atoms with van der Waals surface area (Å²) >= 11 is 0. The molecule has 0 bridgehead atoms. The van der Waals surface area contributed by atoms with Crippen molar-refractivity contribution in [1.29, 1.82) is 0 Å². The number of ether oxygens (including phenoxy) is 1. The van der Waals surface area contributed by atoms with Crippen LogP contribution < -0.4 is 14.8 Å². The molecule has 8 heteroatoms. The Balaban J connectivity index is 1.63. The SMILES string of the molecule is C[C@H]1C(=O)Nc2ccc(S(=O)(=O)NCCOc3ccccc3F)cc21. The van der Waals surface area contributed by atoms with Crippen LogP contribution in [0.4, 0.5) is 10.1 Å². The van der Waals surface area contributed by atoms with Crippen molar-refractivity contribution < 1.29 is 22.3 Å². The van der Waals surface area contributed by atoms with Crippen molar-refractivity contribution in [2.24, 2.45) is 0 Å². The summed E-state index contributed by atoms with van der Waals surface area (Å²) < 4.78 is 45.7. The number of halogens is 1. The van der Waals surface area contributed by atoms with Gasteiger partial charge in [0.1, 0.15) is 6.61 Å². The molecule has 0 radical (unpaired) electrons. The molecule has 1 heterocycles. The molecule has 6 nitrogen and oxygen atoms in total. The number of carbonyl (C=O) groups is 1. The minimum atomic E-state index is -3.75. The highest BCUT2D eigenvalue weighted by Gasteiger charge is 2.28. The first-order chi connectivity index (χ1) is 11.9. The van der Waals surface area contributed by atoms with Crippen LogP contribution in [0.2, 0.25) is 0 Å². The topological polar surface area (TPSA) is 84.5 Å². The van der Waals surface area contributed by atoms with Crippen molar-refractivity contribution in [3.05, 3.63) is 53.8 Å². The van der Waals surface area contributed by atoms with Crippen LogP contribution in [0.3, 0.4) is 0 Å². The number of para-hydroxylation sites is 1. The fraction of sp³-hybridized carbons (Fsp3) is 0.235. The van der Waals surface area contributed by atoms with E-state index in [0.29, 0.717) is 11.3 Å². The molecule has 1 aliphatic rings. The monoisotopic (exact) mass is 364 g/mol. The van der Waals surface area contributed by atoms with Crippen LogP contribution >= 0.6 is 0 Å². The second-order valence-corrected chi connectivity index (χ2v) is 7.40. The molecule has 2 aromatic rings. The number of hydrogen-bond donors (Lipinski definition) is 2. The number of carbonyl (C=O) groups excluding carboxylic acids is 1. The van der Waals surface area contributed by atoms with E-state index in [1.54, 1.807) is 25.1 Å². The number of benzene rings is 2. The Bertz CT molecular complexity index is 915. The summed E-state index contributed by atoms with van der Waals surface area (Å²) in [4.78, 5) is 11.7. The summed E-state index contributed by atoms with van der Waals surface area (Å²) in [7, 11) is -3.75. The molecule has 0 aliphatic carbocycles. The quantitative estimate of drug-likeness (QED) is 0.770. The Morgan fingerprint density at radius 2 is 2.00 bits per heavy atom. The first-order valence-electron chi connectivity index (χ1n) is 7.70. The number of nitrogens with one attached hydrogen (secondary N) is 2. The molecule has 3 rings (SSSR count). The Labute approximate surface area is 145 Å². The number of fused-ring (bicyclic) bond motifs is 1. The predicted octanol–water partition coefficient (Wildman–Crippen LogP) is 2.24. The molecular weight excluding hydrogens is 347 g/mol. The molecule has 1 atom stereocenters. The zero-order valence-electron chi connectivity index (χ0n) is 13.5. The largest absolute Gasteiger partial charge is 0.489 e. The molecule has 0 unspecified atom stereocenters. The lowest BCUT2D eigenvalue weighted by molar-refractivity contribution is -0.116. The van der Waals surface area contributed by atoms with Gasteiger partial charge in [-0.3, -0.25) is 4.79 Å². The second-order valence-electron chi connectivity index (χ2n) is 5.64. The average molecular weight is 364 g/mol. The molecule has 0 fully saturated rings. The standard InChI is InChI=1S/C17H17FN2O4S/c1-11-13-10-12(6-7-15(13)20-17(11)21)25(22,23)19-8-9-24-16-5-3-2-4-14(16)18/h2-7,10-11,19H,8-9H2,1H3,(H,20,21)/t11-/m1/s1. The zero-order valence-corrected chi connectivity index (χ0v) is 14.3. The van der Waals surface area contributed by atoms with Gasteiger partial charge in [0.05, 0.1) is 10.8 Å². The van der Waals surface area contributed by atoms with Crippen LogP contribution in [0, 0.1) is 5.82 Å². The van der Waals surface area contributed by atoms with Crippen molar-refractivity contribution in [2.45, 2.75) is 17.7 Å². The lowest BCUT2D eigenvalue weighted by Crippen LogP contribution is -2.28. The molecule has 0 saturated carbocycles. The van der Waals surface area contributed by atoms with E-state index in [4.69, 9.17) is 4.74 Å². The number of rotatable bonds is 6. The summed E-state index contributed by atoms with van der Waals surface area (Å²) in [6.45, 7) is 1.69. The molecule has 0 aromatic heterocycles. The third-order valence-electron chi connectivity index (χ3n) is 3.94. The fourth-order valence-corrected chi connectivity index (χ4v) is 3.59. The van der Waals surface area contributed by atoms with Gasteiger partial charge in [0.25, 0.3) is 0 Å². The molecule has 25 heavy (non-hydrogen) atoms. The van der Waals surface area contributed by atoms with Gasteiger partial charge in [0.15, 0.2) is 11.6 Å². The Hall–Kier alpha value is -2.45. The zero-order chi connectivity index (χ0) is 18.0. The molecule has 0 spiro atoms. The smallest absolute Gasteiger partial charge is 0.240 e. The lowest BCUT2D eigenvalue weighted by atomic mass is 10.0. The van der Waals surface area contributed by atoms with Gasteiger partial charge in [-0.1, -0.05) is 12.1 Å². The lowest BCUT2D eigenvalue weighted by Gasteiger charge is -2.10. The van der Waals surface area contributed by atoms with E-state index >= 15 is 0 Å². The van der Waals surface area contributed by atoms with Crippen molar-refractivity contribution in [1.82, 2.24) is 4.72 Å². The summed E-state index contributed by atoms with van der Waals surface area (Å²) in [5, 5.41) is 2.69. The van der Waals surface area contributed by atoms with Gasteiger partial charge in [-0.2, -0.15) is 0 Å². The second kappa shape index (κ2) is 6.81. The number of anilines is 1. The van der Waals surface area contributed by atoms with E-state index < -0.39 is 21.8 Å². The van der Waals surface area contributed by atoms with Crippen molar-refractivity contribution in [2.75, 3.05) is 18.5 Å². The predicted molar refractivity (Wildman–Crippen MR) is 90.6 cm³/mol. The van der Waals surface area contributed by atoms with Crippen molar-refractivity contribution in [3.8, 4) is 5.75 Å². The van der Waals surface area contributed by atoms with E-state index in [-0.39, 0.29) is 29.7 Å². The molecule has 1 aliphatic heterocycles. The Kier molecular flexibility index (Phi) is 4.73. The molecule has 2 aromatic carbocycles. The molecular formula is C17H17FN2O4S. The first kappa shape index (κ1) is 17.4. The van der Waals surface area contributed by atoms with Crippen LogP contribution in [0.1, 0.15) is 18.4 Å². The van der Waals surface area contributed by atoms with Gasteiger partial charge in [0.2, 0.25) is 15.9 Å². The Morgan fingerprint density at radius 1 is 1.24 bits per heavy atom. The normalized spacial score (nSPS) is 16.4. The Morgan fingerprint density at radius 3 is 2.76 bits per heavy atom. The van der Waals surface area contributed by atoms with Crippen LogP contribution in [0.15, 0.2) is 47.4 Å². The van der Waals surface area contributed by atoms with Crippen LogP contribution in [-0.2, 0) is 14.8 Å². The van der Waals surface area contributed by atoms with Gasteiger partial charge in [-0.15, -0.1) is 0 Å². The first-order valence-corrected chi connectivity index (χ1v) is 9.18. The van der Waals surface area contributed by atoms with Crippen LogP contribution in [0.5, 0.6) is 5.75 Å². The van der Waals surface area contributed by atoms with Crippen LogP contribution in [-0.4, -0.2) is 27.5 Å². The summed E-state index contributed by atoms with van der Waals surface area (Å²) in [6, 6.07) is 10.4. The third-order valence-corrected chi connectivity index (χ3v) is 5.40. The highest BCUT2D eigenvalue weighted by Crippen LogP contribution is 2.33. The van der Waals surface area contributed by atoms with Gasteiger partial charge in [-0.05, 0) is 42.8 Å². The third kappa shape index (κ3) is 3.64. The highest BCUT2D eigenvalue weighted by atomic mass is 32.2. The maximum atomic E-state index is 13.4. The van der Waals surface area contributed by atoms with E-state index in [1.807, 2.05) is 0 Å². The molecule has 1 amide bonds. The number of amides is 1. The maximum absolute atomic E-state index is 13.4. The van der Waals surface area contributed by atoms with Crippen molar-refractivity contribution in [3.63, 3.8) is 0 Å². The number of sulfonamides is 1. The number of hydrogen-bond acceptors (Lipinski definition) is 4. The van der Waals surface area contributed by atoms with E-state index in [2.05, 4.69) is 10.0 Å². The van der Waals surface area contributed by atoms with Gasteiger partial charge < -0.3 is 10.1 Å². The van der Waals surface area contributed by atoms with E-state index in [9.17, 15) is 17.6 Å². The van der Waals surface area contributed by atoms with E-state index in [1.165, 1.54) is 24.3 Å².